The van der Waals surface area contributed by atoms with Gasteiger partial charge in [-0.3, -0.25) is 4.79 Å². The number of hydrogen-bond donors (Lipinski definition) is 0. The second-order valence-electron chi connectivity index (χ2n) is 6.34. The second-order valence-corrected chi connectivity index (χ2v) is 6.34. The lowest BCUT2D eigenvalue weighted by atomic mass is 10.2. The van der Waals surface area contributed by atoms with Gasteiger partial charge in [-0.15, -0.1) is 0 Å². The lowest BCUT2D eigenvalue weighted by Crippen LogP contribution is -2.48. The monoisotopic (exact) mass is 292 g/mol. The summed E-state index contributed by atoms with van der Waals surface area (Å²) in [4.78, 5) is 16.9. The lowest BCUT2D eigenvalue weighted by Gasteiger charge is -2.33. The molecule has 5 heteroatoms. The highest BCUT2D eigenvalue weighted by atomic mass is 16.5. The van der Waals surface area contributed by atoms with Crippen LogP contribution in [-0.4, -0.2) is 61.6 Å². The minimum Gasteiger partial charge on any atom is -0.459 e. The third-order valence-corrected chi connectivity index (χ3v) is 4.28. The van der Waals surface area contributed by atoms with E-state index in [1.807, 2.05) is 17.9 Å². The Kier molecular flexibility index (Phi) is 4.31. The number of amides is 1. The van der Waals surface area contributed by atoms with Crippen LogP contribution in [0.1, 0.15) is 29.0 Å². The average Bonchev–Trinajstić information content (AvgIpc) is 3.17. The van der Waals surface area contributed by atoms with Crippen LogP contribution in [0.3, 0.4) is 0 Å². The molecule has 1 aliphatic heterocycles. The zero-order valence-corrected chi connectivity index (χ0v) is 12.9. The van der Waals surface area contributed by atoms with E-state index in [4.69, 9.17) is 9.15 Å². The average molecular weight is 292 g/mol. The van der Waals surface area contributed by atoms with Gasteiger partial charge in [-0.05, 0) is 38.8 Å². The number of likely N-dealkylation sites (N-methyl/N-ethyl adjacent to an activating group) is 1. The van der Waals surface area contributed by atoms with Crippen LogP contribution in [0.25, 0.3) is 0 Å². The van der Waals surface area contributed by atoms with Crippen LogP contribution >= 0.6 is 0 Å². The highest BCUT2D eigenvalue weighted by Gasteiger charge is 2.31. The van der Waals surface area contributed by atoms with E-state index >= 15 is 0 Å². The molecule has 116 valence electrons. The zero-order chi connectivity index (χ0) is 14.8. The Morgan fingerprint density at radius 2 is 2.24 bits per heavy atom. The lowest BCUT2D eigenvalue weighted by molar-refractivity contribution is -0.0334. The first kappa shape index (κ1) is 14.6. The zero-order valence-electron chi connectivity index (χ0n) is 12.9. The summed E-state index contributed by atoms with van der Waals surface area (Å²) in [6, 6.07) is 1.84. The molecule has 1 saturated carbocycles. The van der Waals surface area contributed by atoms with E-state index in [9.17, 15) is 4.79 Å². The van der Waals surface area contributed by atoms with E-state index in [0.29, 0.717) is 18.2 Å². The predicted molar refractivity (Wildman–Crippen MR) is 79.3 cm³/mol. The van der Waals surface area contributed by atoms with Crippen molar-refractivity contribution in [1.29, 1.82) is 0 Å². The van der Waals surface area contributed by atoms with Crippen molar-refractivity contribution in [3.8, 4) is 0 Å². The number of carbonyl (C=O) groups excluding carboxylic acids is 1. The number of aryl methyl sites for hydroxylation is 1. The predicted octanol–water partition coefficient (Wildman–Crippen LogP) is 1.77. The second kappa shape index (κ2) is 6.20. The maximum Gasteiger partial charge on any atom is 0.289 e. The van der Waals surface area contributed by atoms with Gasteiger partial charge in [-0.25, -0.2) is 0 Å². The molecule has 21 heavy (non-hydrogen) atoms. The third-order valence-electron chi connectivity index (χ3n) is 4.28. The Labute approximate surface area is 125 Å². The molecule has 0 bridgehead atoms. The molecular formula is C16H24N2O3. The standard InChI is InChI=1S/C16H24N2O3/c1-12-5-7-21-15(12)16(19)18(9-13-3-4-13)11-14-10-17(2)6-8-20-14/h5,7,13-14H,3-4,6,8-11H2,1-2H3/t14-/m1/s1. The van der Waals surface area contributed by atoms with Gasteiger partial charge in [0.05, 0.1) is 19.0 Å². The molecule has 0 spiro atoms. The van der Waals surface area contributed by atoms with E-state index in [2.05, 4.69) is 11.9 Å². The largest absolute Gasteiger partial charge is 0.459 e. The van der Waals surface area contributed by atoms with Crippen LogP contribution in [0.4, 0.5) is 0 Å². The summed E-state index contributed by atoms with van der Waals surface area (Å²) in [5.74, 6) is 1.13. The Morgan fingerprint density at radius 1 is 1.43 bits per heavy atom. The van der Waals surface area contributed by atoms with Crippen LogP contribution in [0.2, 0.25) is 0 Å². The van der Waals surface area contributed by atoms with E-state index in [0.717, 1.165) is 31.8 Å². The van der Waals surface area contributed by atoms with Gasteiger partial charge in [-0.2, -0.15) is 0 Å². The van der Waals surface area contributed by atoms with E-state index in [-0.39, 0.29) is 12.0 Å². The molecule has 2 heterocycles. The highest BCUT2D eigenvalue weighted by Crippen LogP contribution is 2.30. The molecule has 1 aromatic heterocycles. The molecule has 2 fully saturated rings. The van der Waals surface area contributed by atoms with Crippen molar-refractivity contribution in [2.24, 2.45) is 5.92 Å². The molecule has 1 amide bonds. The maximum absolute atomic E-state index is 12.7. The summed E-state index contributed by atoms with van der Waals surface area (Å²) in [5.41, 5.74) is 0.905. The Balaban J connectivity index is 1.68. The van der Waals surface area contributed by atoms with Gasteiger partial charge >= 0.3 is 0 Å². The minimum absolute atomic E-state index is 0.00114. The smallest absolute Gasteiger partial charge is 0.289 e. The van der Waals surface area contributed by atoms with Crippen LogP contribution < -0.4 is 0 Å². The number of hydrogen-bond acceptors (Lipinski definition) is 4. The maximum atomic E-state index is 12.7. The topological polar surface area (TPSA) is 45.9 Å². The number of carbonyl (C=O) groups is 1. The first-order chi connectivity index (χ1) is 10.1. The molecule has 1 aromatic rings. The number of morpholine rings is 1. The van der Waals surface area contributed by atoms with Crippen LogP contribution in [0, 0.1) is 12.8 Å². The van der Waals surface area contributed by atoms with Crippen molar-refractivity contribution in [2.45, 2.75) is 25.9 Å². The van der Waals surface area contributed by atoms with E-state index in [1.165, 1.54) is 12.8 Å². The molecule has 3 rings (SSSR count). The van der Waals surface area contributed by atoms with Crippen LogP contribution in [0.15, 0.2) is 16.7 Å². The van der Waals surface area contributed by atoms with Crippen LogP contribution in [0.5, 0.6) is 0 Å². The van der Waals surface area contributed by atoms with Gasteiger partial charge in [0.2, 0.25) is 0 Å². The van der Waals surface area contributed by atoms with Gasteiger partial charge in [0.1, 0.15) is 0 Å². The van der Waals surface area contributed by atoms with Crippen molar-refractivity contribution in [1.82, 2.24) is 9.80 Å². The van der Waals surface area contributed by atoms with Crippen molar-refractivity contribution < 1.29 is 13.9 Å². The summed E-state index contributed by atoms with van der Waals surface area (Å²) < 4.78 is 11.2. The van der Waals surface area contributed by atoms with Crippen molar-refractivity contribution in [3.05, 3.63) is 23.7 Å². The number of ether oxygens (including phenoxy) is 1. The SMILES string of the molecule is Cc1ccoc1C(=O)N(CC1CC1)C[C@H]1CN(C)CCO1. The molecular weight excluding hydrogens is 268 g/mol. The minimum atomic E-state index is 0.00114. The highest BCUT2D eigenvalue weighted by molar-refractivity contribution is 5.92. The Hall–Kier alpha value is -1.33. The fourth-order valence-corrected chi connectivity index (χ4v) is 2.81. The fourth-order valence-electron chi connectivity index (χ4n) is 2.81. The molecule has 0 radical (unpaired) electrons. The molecule has 1 atom stereocenters. The third kappa shape index (κ3) is 3.66. The molecule has 0 N–H and O–H groups in total. The summed E-state index contributed by atoms with van der Waals surface area (Å²) in [6.45, 7) is 5.97. The molecule has 0 unspecified atom stereocenters. The van der Waals surface area contributed by atoms with Gasteiger partial charge in [0.25, 0.3) is 5.91 Å². The van der Waals surface area contributed by atoms with Gasteiger partial charge in [-0.1, -0.05) is 0 Å². The van der Waals surface area contributed by atoms with Crippen LogP contribution in [-0.2, 0) is 4.74 Å². The number of furan rings is 1. The molecule has 1 saturated heterocycles. The van der Waals surface area contributed by atoms with Crippen molar-refractivity contribution in [2.75, 3.05) is 39.8 Å². The summed E-state index contributed by atoms with van der Waals surface area (Å²) in [7, 11) is 2.10. The quantitative estimate of drug-likeness (QED) is 0.830. The number of rotatable bonds is 5. The Bertz CT molecular complexity index is 495. The van der Waals surface area contributed by atoms with E-state index < -0.39 is 0 Å². The first-order valence-electron chi connectivity index (χ1n) is 7.77. The molecule has 2 aliphatic rings. The molecule has 0 aromatic carbocycles. The summed E-state index contributed by atoms with van der Waals surface area (Å²) in [6.07, 6.45) is 4.14. The van der Waals surface area contributed by atoms with Gasteiger partial charge in [0.15, 0.2) is 5.76 Å². The molecule has 5 nitrogen and oxygen atoms in total. The van der Waals surface area contributed by atoms with E-state index in [1.54, 1.807) is 6.26 Å². The van der Waals surface area contributed by atoms with Crippen molar-refractivity contribution in [3.63, 3.8) is 0 Å². The molecule has 1 aliphatic carbocycles. The number of nitrogens with zero attached hydrogens (tertiary/aromatic N) is 2. The fraction of sp³-hybridized carbons (Fsp3) is 0.688. The van der Waals surface area contributed by atoms with Gasteiger partial charge in [0, 0.05) is 31.7 Å². The van der Waals surface area contributed by atoms with Gasteiger partial charge < -0.3 is 19.0 Å². The summed E-state index contributed by atoms with van der Waals surface area (Å²) >= 11 is 0. The first-order valence-corrected chi connectivity index (χ1v) is 7.77. The summed E-state index contributed by atoms with van der Waals surface area (Å²) in [5, 5.41) is 0. The normalized spacial score (nSPS) is 23.2. The Morgan fingerprint density at radius 3 is 2.86 bits per heavy atom. The van der Waals surface area contributed by atoms with Crippen molar-refractivity contribution >= 4 is 5.91 Å².